The first-order valence-corrected chi connectivity index (χ1v) is 10.4. The molecule has 0 aliphatic heterocycles. The second kappa shape index (κ2) is 8.24. The highest BCUT2D eigenvalue weighted by Gasteiger charge is 2.15. The van der Waals surface area contributed by atoms with Crippen LogP contribution in [0.5, 0.6) is 5.75 Å². The smallest absolute Gasteiger partial charge is 0.255 e. The highest BCUT2D eigenvalue weighted by Crippen LogP contribution is 2.27. The van der Waals surface area contributed by atoms with Crippen molar-refractivity contribution < 1.29 is 18.3 Å². The van der Waals surface area contributed by atoms with E-state index in [1.54, 1.807) is 42.5 Å². The Hall–Kier alpha value is -3.52. The quantitative estimate of drug-likeness (QED) is 0.364. The molecule has 150 valence electrons. The van der Waals surface area contributed by atoms with Crippen molar-refractivity contribution in [2.24, 2.45) is 0 Å². The molecule has 0 heterocycles. The maximum Gasteiger partial charge on any atom is 0.255 e. The summed E-state index contributed by atoms with van der Waals surface area (Å²) in [5, 5.41) is 15.6. The van der Waals surface area contributed by atoms with Crippen molar-refractivity contribution in [1.29, 1.82) is 0 Å². The van der Waals surface area contributed by atoms with Gasteiger partial charge in [-0.1, -0.05) is 12.1 Å². The molecule has 0 radical (unpaired) electrons. The van der Waals surface area contributed by atoms with E-state index in [2.05, 4.69) is 10.6 Å². The van der Waals surface area contributed by atoms with E-state index in [4.69, 9.17) is 5.73 Å². The summed E-state index contributed by atoms with van der Waals surface area (Å²) in [7, 11) is -3.54. The molecular formula is C21H21N3O4S. The molecule has 8 heteroatoms. The molecule has 0 atom stereocenters. The van der Waals surface area contributed by atoms with Gasteiger partial charge in [0, 0.05) is 23.0 Å². The van der Waals surface area contributed by atoms with E-state index >= 15 is 0 Å². The SMILES string of the molecule is Cc1cccc(S(=O)(=O)CNc2ccc(NC(=O)c3ccc(N)cc3)c(O)c2)c1. The van der Waals surface area contributed by atoms with Gasteiger partial charge in [-0.15, -0.1) is 0 Å². The van der Waals surface area contributed by atoms with Crippen LogP contribution in [0.4, 0.5) is 17.1 Å². The number of hydrogen-bond donors (Lipinski definition) is 4. The summed E-state index contributed by atoms with van der Waals surface area (Å²) < 4.78 is 24.9. The van der Waals surface area contributed by atoms with Gasteiger partial charge in [-0.2, -0.15) is 0 Å². The van der Waals surface area contributed by atoms with Gasteiger partial charge < -0.3 is 21.5 Å². The molecule has 0 bridgehead atoms. The third kappa shape index (κ3) is 5.05. The summed E-state index contributed by atoms with van der Waals surface area (Å²) in [5.74, 6) is -0.915. The molecule has 0 saturated carbocycles. The average molecular weight is 411 g/mol. The molecule has 3 aromatic rings. The second-order valence-corrected chi connectivity index (χ2v) is 8.55. The number of nitrogens with one attached hydrogen (secondary N) is 2. The summed E-state index contributed by atoms with van der Waals surface area (Å²) >= 11 is 0. The fraction of sp³-hybridized carbons (Fsp3) is 0.0952. The van der Waals surface area contributed by atoms with E-state index in [0.717, 1.165) is 5.56 Å². The topological polar surface area (TPSA) is 122 Å². The number of sulfone groups is 1. The lowest BCUT2D eigenvalue weighted by Gasteiger charge is -2.12. The number of carbonyl (C=O) groups excluding carboxylic acids is 1. The maximum absolute atomic E-state index is 12.4. The van der Waals surface area contributed by atoms with Gasteiger partial charge in [0.1, 0.15) is 11.6 Å². The average Bonchev–Trinajstić information content (AvgIpc) is 2.69. The van der Waals surface area contributed by atoms with Crippen molar-refractivity contribution in [3.05, 3.63) is 77.9 Å². The van der Waals surface area contributed by atoms with E-state index < -0.39 is 15.7 Å². The van der Waals surface area contributed by atoms with Crippen molar-refractivity contribution >= 4 is 32.8 Å². The molecule has 0 fully saturated rings. The Morgan fingerprint density at radius 2 is 1.76 bits per heavy atom. The van der Waals surface area contributed by atoms with Crippen LogP contribution in [-0.2, 0) is 9.84 Å². The number of carbonyl (C=O) groups is 1. The Bertz CT molecular complexity index is 1140. The van der Waals surface area contributed by atoms with Crippen LogP contribution < -0.4 is 16.4 Å². The zero-order valence-electron chi connectivity index (χ0n) is 15.7. The summed E-state index contributed by atoms with van der Waals surface area (Å²) in [4.78, 5) is 12.5. The predicted molar refractivity (Wildman–Crippen MR) is 114 cm³/mol. The fourth-order valence-electron chi connectivity index (χ4n) is 2.65. The standard InChI is InChI=1S/C21H21N3O4S/c1-14-3-2-4-18(11-14)29(27,28)13-23-17-9-10-19(20(25)12-17)24-21(26)15-5-7-16(22)8-6-15/h2-12,23,25H,13,22H2,1H3,(H,24,26). The zero-order chi connectivity index (χ0) is 21.0. The van der Waals surface area contributed by atoms with Crippen LogP contribution in [0.2, 0.25) is 0 Å². The fourth-order valence-corrected chi connectivity index (χ4v) is 3.82. The van der Waals surface area contributed by atoms with E-state index in [1.165, 1.54) is 18.2 Å². The minimum Gasteiger partial charge on any atom is -0.506 e. The molecule has 3 aromatic carbocycles. The van der Waals surface area contributed by atoms with Crippen LogP contribution in [-0.4, -0.2) is 25.3 Å². The first-order valence-electron chi connectivity index (χ1n) is 8.78. The third-order valence-electron chi connectivity index (χ3n) is 4.23. The zero-order valence-corrected chi connectivity index (χ0v) is 16.5. The van der Waals surface area contributed by atoms with E-state index in [9.17, 15) is 18.3 Å². The van der Waals surface area contributed by atoms with E-state index in [0.29, 0.717) is 16.9 Å². The highest BCUT2D eigenvalue weighted by atomic mass is 32.2. The van der Waals surface area contributed by atoms with Gasteiger partial charge in [-0.05, 0) is 61.0 Å². The van der Waals surface area contributed by atoms with Gasteiger partial charge in [0.25, 0.3) is 5.91 Å². The van der Waals surface area contributed by atoms with Gasteiger partial charge in [0.2, 0.25) is 0 Å². The Labute approximate surface area is 169 Å². The number of aryl methyl sites for hydroxylation is 1. The Kier molecular flexibility index (Phi) is 5.74. The number of amides is 1. The van der Waals surface area contributed by atoms with Crippen molar-refractivity contribution in [3.8, 4) is 5.75 Å². The van der Waals surface area contributed by atoms with Gasteiger partial charge in [-0.25, -0.2) is 8.42 Å². The molecule has 0 spiro atoms. The minimum atomic E-state index is -3.54. The number of nitrogens with two attached hydrogens (primary N) is 1. The number of hydrogen-bond acceptors (Lipinski definition) is 6. The van der Waals surface area contributed by atoms with Gasteiger partial charge in [0.05, 0.1) is 10.6 Å². The van der Waals surface area contributed by atoms with Crippen molar-refractivity contribution in [3.63, 3.8) is 0 Å². The lowest BCUT2D eigenvalue weighted by Crippen LogP contribution is -2.15. The number of rotatable bonds is 6. The van der Waals surface area contributed by atoms with Crippen LogP contribution in [0.1, 0.15) is 15.9 Å². The number of phenols is 1. The van der Waals surface area contributed by atoms with Crippen molar-refractivity contribution in [2.45, 2.75) is 11.8 Å². The van der Waals surface area contributed by atoms with E-state index in [-0.39, 0.29) is 22.2 Å². The second-order valence-electron chi connectivity index (χ2n) is 6.56. The molecule has 7 nitrogen and oxygen atoms in total. The highest BCUT2D eigenvalue weighted by molar-refractivity contribution is 7.91. The van der Waals surface area contributed by atoms with Crippen LogP contribution in [0.25, 0.3) is 0 Å². The normalized spacial score (nSPS) is 11.1. The maximum atomic E-state index is 12.4. The number of nitrogen functional groups attached to an aromatic ring is 1. The summed E-state index contributed by atoms with van der Waals surface area (Å²) in [6, 6.07) is 17.4. The molecule has 1 amide bonds. The third-order valence-corrected chi connectivity index (χ3v) is 5.73. The predicted octanol–water partition coefficient (Wildman–Crippen LogP) is 3.38. The molecule has 5 N–H and O–H groups in total. The Balaban J connectivity index is 1.68. The van der Waals surface area contributed by atoms with E-state index in [1.807, 2.05) is 13.0 Å². The summed E-state index contributed by atoms with van der Waals surface area (Å²) in [5.41, 5.74) is 8.00. The molecule has 3 rings (SSSR count). The van der Waals surface area contributed by atoms with Gasteiger partial charge >= 0.3 is 0 Å². The number of phenolic OH excluding ortho intramolecular Hbond substituents is 1. The largest absolute Gasteiger partial charge is 0.506 e. The Morgan fingerprint density at radius 3 is 2.41 bits per heavy atom. The first-order chi connectivity index (χ1) is 13.7. The minimum absolute atomic E-state index is 0.188. The molecular weight excluding hydrogens is 390 g/mol. The molecule has 0 aliphatic carbocycles. The van der Waals surface area contributed by atoms with Crippen LogP contribution in [0, 0.1) is 6.92 Å². The number of anilines is 3. The number of benzene rings is 3. The lowest BCUT2D eigenvalue weighted by atomic mass is 10.2. The van der Waals surface area contributed by atoms with Crippen LogP contribution in [0.3, 0.4) is 0 Å². The number of aromatic hydroxyl groups is 1. The molecule has 0 unspecified atom stereocenters. The molecule has 0 saturated heterocycles. The van der Waals surface area contributed by atoms with Gasteiger partial charge in [-0.3, -0.25) is 4.79 Å². The van der Waals surface area contributed by atoms with Gasteiger partial charge in [0.15, 0.2) is 9.84 Å². The summed E-state index contributed by atoms with van der Waals surface area (Å²) in [6.45, 7) is 1.82. The summed E-state index contributed by atoms with van der Waals surface area (Å²) in [6.07, 6.45) is 0. The Morgan fingerprint density at radius 1 is 1.03 bits per heavy atom. The van der Waals surface area contributed by atoms with Crippen LogP contribution >= 0.6 is 0 Å². The lowest BCUT2D eigenvalue weighted by molar-refractivity contribution is 0.102. The molecule has 29 heavy (non-hydrogen) atoms. The van der Waals surface area contributed by atoms with Crippen molar-refractivity contribution in [2.75, 3.05) is 22.2 Å². The van der Waals surface area contributed by atoms with Crippen molar-refractivity contribution in [1.82, 2.24) is 0 Å². The molecule has 0 aliphatic rings. The first kappa shape index (κ1) is 20.2. The molecule has 0 aromatic heterocycles. The monoisotopic (exact) mass is 411 g/mol. The van der Waals surface area contributed by atoms with Crippen LogP contribution in [0.15, 0.2) is 71.6 Å².